The highest BCUT2D eigenvalue weighted by molar-refractivity contribution is 7.89. The van der Waals surface area contributed by atoms with Crippen molar-refractivity contribution in [3.8, 4) is 0 Å². The van der Waals surface area contributed by atoms with Gasteiger partial charge >= 0.3 is 0 Å². The summed E-state index contributed by atoms with van der Waals surface area (Å²) in [6.45, 7) is 0.861. The number of rotatable bonds is 6. The number of hydrogen-bond donors (Lipinski definition) is 0. The van der Waals surface area contributed by atoms with Crippen molar-refractivity contribution in [1.82, 2.24) is 14.3 Å². The van der Waals surface area contributed by atoms with Crippen molar-refractivity contribution in [2.75, 3.05) is 18.0 Å². The molecule has 0 radical (unpaired) electrons. The van der Waals surface area contributed by atoms with Gasteiger partial charge in [-0.3, -0.25) is 14.7 Å². The van der Waals surface area contributed by atoms with E-state index in [1.165, 1.54) is 27.8 Å². The zero-order valence-corrected chi connectivity index (χ0v) is 21.1. The molecule has 3 heterocycles. The number of para-hydroxylation sites is 1. The number of carbonyl (C=O) groups excluding carboxylic acids is 1. The minimum absolute atomic E-state index is 0.0572. The van der Waals surface area contributed by atoms with Crippen LogP contribution < -0.4 is 4.90 Å². The van der Waals surface area contributed by atoms with E-state index in [9.17, 15) is 13.2 Å². The molecule has 1 amide bonds. The van der Waals surface area contributed by atoms with Crippen LogP contribution in [0.25, 0.3) is 10.2 Å². The first kappa shape index (κ1) is 23.9. The van der Waals surface area contributed by atoms with E-state index in [-0.39, 0.29) is 29.8 Å². The molecule has 2 aromatic carbocycles. The maximum atomic E-state index is 13.7. The van der Waals surface area contributed by atoms with Gasteiger partial charge in [-0.2, -0.15) is 4.31 Å². The van der Waals surface area contributed by atoms with E-state index in [1.807, 2.05) is 42.5 Å². The smallest absolute Gasteiger partial charge is 0.243 e. The predicted octanol–water partition coefficient (Wildman–Crippen LogP) is 4.98. The number of piperidine rings is 1. The molecular weight excluding hydrogens is 504 g/mol. The molecule has 0 spiro atoms. The van der Waals surface area contributed by atoms with Gasteiger partial charge in [0, 0.05) is 30.2 Å². The van der Waals surface area contributed by atoms with Gasteiger partial charge in [-0.05, 0) is 61.4 Å². The van der Waals surface area contributed by atoms with Gasteiger partial charge in [-0.1, -0.05) is 41.1 Å². The Balaban J connectivity index is 1.35. The van der Waals surface area contributed by atoms with Crippen molar-refractivity contribution in [1.29, 1.82) is 0 Å². The lowest BCUT2D eigenvalue weighted by Crippen LogP contribution is -2.44. The molecule has 7 nitrogen and oxygen atoms in total. The third kappa shape index (κ3) is 5.08. The van der Waals surface area contributed by atoms with Gasteiger partial charge in [-0.15, -0.1) is 0 Å². The summed E-state index contributed by atoms with van der Waals surface area (Å²) in [7, 11) is -3.64. The van der Waals surface area contributed by atoms with Crippen LogP contribution in [0.15, 0.2) is 77.8 Å². The second-order valence-electron chi connectivity index (χ2n) is 8.34. The van der Waals surface area contributed by atoms with Gasteiger partial charge in [-0.25, -0.2) is 13.4 Å². The molecule has 2 aromatic heterocycles. The van der Waals surface area contributed by atoms with Gasteiger partial charge in [0.1, 0.15) is 0 Å². The summed E-state index contributed by atoms with van der Waals surface area (Å²) in [6, 6.07) is 19.6. The summed E-state index contributed by atoms with van der Waals surface area (Å²) >= 11 is 7.38. The minimum Gasteiger partial charge on any atom is -0.282 e. The summed E-state index contributed by atoms with van der Waals surface area (Å²) in [5.41, 5.74) is 1.61. The predicted molar refractivity (Wildman–Crippen MR) is 138 cm³/mol. The van der Waals surface area contributed by atoms with Crippen molar-refractivity contribution in [2.24, 2.45) is 5.92 Å². The first-order chi connectivity index (χ1) is 16.9. The number of carbonyl (C=O) groups is 1. The van der Waals surface area contributed by atoms with Gasteiger partial charge in [0.05, 0.1) is 27.4 Å². The van der Waals surface area contributed by atoms with Crippen LogP contribution in [0.4, 0.5) is 5.13 Å². The molecule has 0 bridgehead atoms. The fraction of sp³-hybridized carbons (Fsp3) is 0.240. The average molecular weight is 527 g/mol. The summed E-state index contributed by atoms with van der Waals surface area (Å²) < 4.78 is 28.5. The topological polar surface area (TPSA) is 83.5 Å². The van der Waals surface area contributed by atoms with Crippen LogP contribution in [0, 0.1) is 5.92 Å². The van der Waals surface area contributed by atoms with Gasteiger partial charge in [0.2, 0.25) is 15.9 Å². The molecule has 180 valence electrons. The minimum atomic E-state index is -3.64. The number of fused-ring (bicyclic) bond motifs is 1. The third-order valence-electron chi connectivity index (χ3n) is 6.08. The maximum Gasteiger partial charge on any atom is 0.243 e. The van der Waals surface area contributed by atoms with E-state index >= 15 is 0 Å². The van der Waals surface area contributed by atoms with Gasteiger partial charge < -0.3 is 0 Å². The van der Waals surface area contributed by atoms with E-state index in [4.69, 9.17) is 16.6 Å². The lowest BCUT2D eigenvalue weighted by atomic mass is 9.96. The highest BCUT2D eigenvalue weighted by atomic mass is 35.5. The van der Waals surface area contributed by atoms with Crippen molar-refractivity contribution >= 4 is 54.2 Å². The van der Waals surface area contributed by atoms with E-state index < -0.39 is 10.0 Å². The van der Waals surface area contributed by atoms with Crippen LogP contribution >= 0.6 is 22.9 Å². The van der Waals surface area contributed by atoms with Crippen molar-refractivity contribution in [3.63, 3.8) is 0 Å². The molecule has 4 aromatic rings. The molecule has 0 atom stereocenters. The SMILES string of the molecule is O=C(C1CCN(S(=O)(=O)c2ccc(Cl)cc2)CC1)N(Cc1ccccn1)c1nc2ccccc2s1. The van der Waals surface area contributed by atoms with Crippen LogP contribution in [-0.2, 0) is 21.4 Å². The Morgan fingerprint density at radius 2 is 1.74 bits per heavy atom. The molecule has 1 fully saturated rings. The van der Waals surface area contributed by atoms with Gasteiger partial charge in [0.15, 0.2) is 5.13 Å². The highest BCUT2D eigenvalue weighted by Gasteiger charge is 2.35. The lowest BCUT2D eigenvalue weighted by molar-refractivity contribution is -0.123. The molecule has 0 N–H and O–H groups in total. The lowest BCUT2D eigenvalue weighted by Gasteiger charge is -2.33. The zero-order chi connectivity index (χ0) is 24.4. The number of aromatic nitrogens is 2. The maximum absolute atomic E-state index is 13.7. The number of benzene rings is 2. The second-order valence-corrected chi connectivity index (χ2v) is 11.7. The van der Waals surface area contributed by atoms with Crippen molar-refractivity contribution in [2.45, 2.75) is 24.3 Å². The molecule has 0 aliphatic carbocycles. The molecule has 1 aliphatic rings. The van der Waals surface area contributed by atoms with E-state index in [2.05, 4.69) is 4.98 Å². The molecule has 5 rings (SSSR count). The monoisotopic (exact) mass is 526 g/mol. The Morgan fingerprint density at radius 1 is 1.03 bits per heavy atom. The standard InChI is InChI=1S/C25H23ClN4O3S2/c26-19-8-10-21(11-9-19)35(32,33)29-15-12-18(13-16-29)24(31)30(17-20-5-3-4-14-27-20)25-28-22-6-1-2-7-23(22)34-25/h1-11,14,18H,12-13,15-17H2. The van der Waals surface area contributed by atoms with Gasteiger partial charge in [0.25, 0.3) is 0 Å². The molecule has 0 unspecified atom stereocenters. The van der Waals surface area contributed by atoms with Crippen LogP contribution in [0.1, 0.15) is 18.5 Å². The number of thiazole rings is 1. The summed E-state index contributed by atoms with van der Waals surface area (Å²) in [5, 5.41) is 1.11. The van der Waals surface area contributed by atoms with Crippen LogP contribution in [0.5, 0.6) is 0 Å². The fourth-order valence-corrected chi connectivity index (χ4v) is 6.75. The van der Waals surface area contributed by atoms with E-state index in [1.54, 1.807) is 23.2 Å². The number of anilines is 1. The van der Waals surface area contributed by atoms with E-state index in [0.29, 0.717) is 29.5 Å². The van der Waals surface area contributed by atoms with Crippen molar-refractivity contribution in [3.05, 3.63) is 83.6 Å². The Bertz CT molecular complexity index is 1400. The Morgan fingerprint density at radius 3 is 2.43 bits per heavy atom. The van der Waals surface area contributed by atoms with E-state index in [0.717, 1.165) is 15.9 Å². The Kier molecular flexibility index (Phi) is 6.84. The third-order valence-corrected chi connectivity index (χ3v) is 9.30. The van der Waals surface area contributed by atoms with Crippen molar-refractivity contribution < 1.29 is 13.2 Å². The zero-order valence-electron chi connectivity index (χ0n) is 18.7. The summed E-state index contributed by atoms with van der Waals surface area (Å²) in [6.07, 6.45) is 2.58. The highest BCUT2D eigenvalue weighted by Crippen LogP contribution is 2.33. The number of amides is 1. The molecule has 10 heteroatoms. The average Bonchev–Trinajstić information content (AvgIpc) is 3.32. The number of pyridine rings is 1. The Hall–Kier alpha value is -2.85. The first-order valence-corrected chi connectivity index (χ1v) is 13.9. The number of nitrogens with zero attached hydrogens (tertiary/aromatic N) is 4. The molecular formula is C25H23ClN4O3S2. The molecule has 1 aliphatic heterocycles. The largest absolute Gasteiger partial charge is 0.282 e. The molecule has 0 saturated carbocycles. The number of halogens is 1. The molecule has 35 heavy (non-hydrogen) atoms. The second kappa shape index (κ2) is 10.0. The van der Waals surface area contributed by atoms with Crippen LogP contribution in [0.3, 0.4) is 0 Å². The summed E-state index contributed by atoms with van der Waals surface area (Å²) in [4.78, 5) is 24.7. The normalized spacial score (nSPS) is 15.3. The number of sulfonamides is 1. The van der Waals surface area contributed by atoms with Crippen LogP contribution in [0.2, 0.25) is 5.02 Å². The van der Waals surface area contributed by atoms with Crippen LogP contribution in [-0.4, -0.2) is 41.7 Å². The quantitative estimate of drug-likeness (QED) is 0.354. The summed E-state index contributed by atoms with van der Waals surface area (Å²) in [5.74, 6) is -0.361. The molecule has 1 saturated heterocycles. The fourth-order valence-electron chi connectivity index (χ4n) is 4.19. The Labute approximate surface area is 213 Å². The number of hydrogen-bond acceptors (Lipinski definition) is 6. The first-order valence-electron chi connectivity index (χ1n) is 11.2.